The smallest absolute Gasteiger partial charge is 0.469 e. The molecule has 0 unspecified atom stereocenters. The molecule has 0 atom stereocenters. The minimum atomic E-state index is -0.905. The maximum Gasteiger partial charge on any atom is 0.514 e. The van der Waals surface area contributed by atoms with Crippen molar-refractivity contribution in [1.29, 1.82) is 0 Å². The van der Waals surface area contributed by atoms with Gasteiger partial charge in [-0.05, 0) is 25.0 Å². The van der Waals surface area contributed by atoms with Crippen LogP contribution in [0, 0.1) is 16.0 Å². The SMILES string of the molecule is COC(=O)C1CC(OC(=O)Oc2ccc([N+](=O)[O-])cc2)C1. The minimum Gasteiger partial charge on any atom is -0.469 e. The normalized spacial score (nSPS) is 20.0. The van der Waals surface area contributed by atoms with Crippen molar-refractivity contribution in [2.75, 3.05) is 7.11 Å². The molecule has 0 N–H and O–H groups in total. The number of non-ortho nitro benzene ring substituents is 1. The third-order valence-electron chi connectivity index (χ3n) is 3.14. The topological polar surface area (TPSA) is 105 Å². The molecule has 0 radical (unpaired) electrons. The van der Waals surface area contributed by atoms with Crippen molar-refractivity contribution in [3.63, 3.8) is 0 Å². The Morgan fingerprint density at radius 1 is 1.24 bits per heavy atom. The first-order valence-electron chi connectivity index (χ1n) is 6.20. The van der Waals surface area contributed by atoms with E-state index in [-0.39, 0.29) is 29.4 Å². The van der Waals surface area contributed by atoms with Crippen LogP contribution in [0.5, 0.6) is 5.75 Å². The van der Waals surface area contributed by atoms with Gasteiger partial charge in [0.25, 0.3) is 5.69 Å². The lowest BCUT2D eigenvalue weighted by molar-refractivity contribution is -0.384. The second-order valence-electron chi connectivity index (χ2n) is 4.53. The molecule has 1 aliphatic rings. The first kappa shape index (κ1) is 14.8. The first-order valence-corrected chi connectivity index (χ1v) is 6.20. The number of esters is 1. The monoisotopic (exact) mass is 295 g/mol. The van der Waals surface area contributed by atoms with Gasteiger partial charge in [-0.25, -0.2) is 4.79 Å². The van der Waals surface area contributed by atoms with Crippen LogP contribution in [0.25, 0.3) is 0 Å². The molecule has 1 aromatic carbocycles. The number of benzene rings is 1. The van der Waals surface area contributed by atoms with Crippen molar-refractivity contribution in [3.05, 3.63) is 34.4 Å². The average molecular weight is 295 g/mol. The summed E-state index contributed by atoms with van der Waals surface area (Å²) in [7, 11) is 1.30. The molecule has 0 aliphatic heterocycles. The fourth-order valence-electron chi connectivity index (χ4n) is 1.91. The van der Waals surface area contributed by atoms with Gasteiger partial charge in [-0.3, -0.25) is 14.9 Å². The molecule has 0 bridgehead atoms. The highest BCUT2D eigenvalue weighted by molar-refractivity contribution is 5.73. The van der Waals surface area contributed by atoms with Gasteiger partial charge in [-0.15, -0.1) is 0 Å². The summed E-state index contributed by atoms with van der Waals surface area (Å²) in [6.07, 6.45) is -0.471. The fourth-order valence-corrected chi connectivity index (χ4v) is 1.91. The number of nitro benzene ring substituents is 1. The predicted octanol–water partition coefficient (Wildman–Crippen LogP) is 2.06. The van der Waals surface area contributed by atoms with Gasteiger partial charge in [0.05, 0.1) is 18.0 Å². The number of nitrogens with zero attached hydrogens (tertiary/aromatic N) is 1. The number of methoxy groups -OCH3 is 1. The van der Waals surface area contributed by atoms with Crippen LogP contribution in [0.4, 0.5) is 10.5 Å². The molecule has 8 nitrogen and oxygen atoms in total. The van der Waals surface area contributed by atoms with Crippen LogP contribution in [0.15, 0.2) is 24.3 Å². The average Bonchev–Trinajstić information content (AvgIpc) is 2.42. The second-order valence-corrected chi connectivity index (χ2v) is 4.53. The molecule has 1 aromatic rings. The van der Waals surface area contributed by atoms with Gasteiger partial charge in [0.1, 0.15) is 11.9 Å². The summed E-state index contributed by atoms with van der Waals surface area (Å²) >= 11 is 0. The van der Waals surface area contributed by atoms with E-state index in [9.17, 15) is 19.7 Å². The Kier molecular flexibility index (Phi) is 4.36. The highest BCUT2D eigenvalue weighted by Gasteiger charge is 2.38. The van der Waals surface area contributed by atoms with Crippen molar-refractivity contribution in [2.24, 2.45) is 5.92 Å². The zero-order valence-electron chi connectivity index (χ0n) is 11.2. The third-order valence-corrected chi connectivity index (χ3v) is 3.14. The lowest BCUT2D eigenvalue weighted by Gasteiger charge is -2.31. The minimum absolute atomic E-state index is 0.101. The lowest BCUT2D eigenvalue weighted by atomic mass is 9.82. The molecule has 2 rings (SSSR count). The van der Waals surface area contributed by atoms with Gasteiger partial charge >= 0.3 is 12.1 Å². The molecule has 0 aromatic heterocycles. The van der Waals surface area contributed by atoms with Crippen molar-refractivity contribution >= 4 is 17.8 Å². The summed E-state index contributed by atoms with van der Waals surface area (Å²) in [5.74, 6) is -0.416. The van der Waals surface area contributed by atoms with E-state index >= 15 is 0 Å². The van der Waals surface area contributed by atoms with Crippen LogP contribution in [0.1, 0.15) is 12.8 Å². The van der Waals surface area contributed by atoms with Crippen LogP contribution in [-0.2, 0) is 14.3 Å². The van der Waals surface area contributed by atoms with Gasteiger partial charge in [0.15, 0.2) is 0 Å². The van der Waals surface area contributed by atoms with Gasteiger partial charge < -0.3 is 14.2 Å². The van der Waals surface area contributed by atoms with Gasteiger partial charge in [0, 0.05) is 12.1 Å². The number of carbonyl (C=O) groups is 2. The predicted molar refractivity (Wildman–Crippen MR) is 68.7 cm³/mol. The third kappa shape index (κ3) is 3.68. The Hall–Kier alpha value is -2.64. The Bertz CT molecular complexity index is 548. The number of hydrogen-bond acceptors (Lipinski definition) is 7. The zero-order valence-corrected chi connectivity index (χ0v) is 11.2. The van der Waals surface area contributed by atoms with Crippen LogP contribution in [-0.4, -0.2) is 30.3 Å². The summed E-state index contributed by atoms with van der Waals surface area (Å²) in [6.45, 7) is 0. The number of nitro groups is 1. The molecule has 1 fully saturated rings. The van der Waals surface area contributed by atoms with E-state index in [2.05, 4.69) is 4.74 Å². The van der Waals surface area contributed by atoms with E-state index in [1.54, 1.807) is 0 Å². The maximum atomic E-state index is 11.5. The Balaban J connectivity index is 1.78. The molecule has 0 spiro atoms. The fraction of sp³-hybridized carbons (Fsp3) is 0.385. The van der Waals surface area contributed by atoms with Crippen LogP contribution in [0.3, 0.4) is 0 Å². The van der Waals surface area contributed by atoms with E-state index < -0.39 is 11.1 Å². The largest absolute Gasteiger partial charge is 0.514 e. The zero-order chi connectivity index (χ0) is 15.4. The lowest BCUT2D eigenvalue weighted by Crippen LogP contribution is -2.38. The molecule has 21 heavy (non-hydrogen) atoms. The Labute approximate surface area is 119 Å². The summed E-state index contributed by atoms with van der Waals surface area (Å²) in [5.41, 5.74) is -0.101. The summed E-state index contributed by atoms with van der Waals surface area (Å²) in [5, 5.41) is 10.5. The van der Waals surface area contributed by atoms with Crippen molar-refractivity contribution in [2.45, 2.75) is 18.9 Å². The number of ether oxygens (including phenoxy) is 3. The van der Waals surface area contributed by atoms with Crippen LogP contribution in [0.2, 0.25) is 0 Å². The molecular weight excluding hydrogens is 282 g/mol. The van der Waals surface area contributed by atoms with Crippen molar-refractivity contribution in [3.8, 4) is 5.75 Å². The van der Waals surface area contributed by atoms with Gasteiger partial charge in [0.2, 0.25) is 0 Å². The number of carbonyl (C=O) groups excluding carboxylic acids is 2. The van der Waals surface area contributed by atoms with E-state index in [1.165, 1.54) is 31.4 Å². The standard InChI is InChI=1S/C13H13NO7/c1-19-12(15)8-6-11(7-8)21-13(16)20-10-4-2-9(3-5-10)14(17)18/h2-5,8,11H,6-7H2,1H3. The molecule has 1 saturated carbocycles. The van der Waals surface area contributed by atoms with Gasteiger partial charge in [-0.1, -0.05) is 0 Å². The maximum absolute atomic E-state index is 11.5. The molecule has 8 heteroatoms. The van der Waals surface area contributed by atoms with Crippen LogP contribution >= 0.6 is 0 Å². The Morgan fingerprint density at radius 2 is 1.86 bits per heavy atom. The first-order chi connectivity index (χ1) is 9.99. The summed E-state index contributed by atoms with van der Waals surface area (Å²) in [6, 6.07) is 5.05. The molecule has 1 aliphatic carbocycles. The summed E-state index contributed by atoms with van der Waals surface area (Å²) < 4.78 is 14.4. The van der Waals surface area contributed by atoms with Crippen molar-refractivity contribution in [1.82, 2.24) is 0 Å². The number of rotatable bonds is 4. The van der Waals surface area contributed by atoms with Gasteiger partial charge in [-0.2, -0.15) is 0 Å². The van der Waals surface area contributed by atoms with E-state index in [0.29, 0.717) is 12.8 Å². The number of hydrogen-bond donors (Lipinski definition) is 0. The molecular formula is C13H13NO7. The van der Waals surface area contributed by atoms with Crippen molar-refractivity contribution < 1.29 is 28.7 Å². The molecule has 112 valence electrons. The highest BCUT2D eigenvalue weighted by Crippen LogP contribution is 2.31. The molecule has 0 amide bonds. The summed E-state index contributed by atoms with van der Waals surface area (Å²) in [4.78, 5) is 32.6. The molecule has 0 heterocycles. The van der Waals surface area contributed by atoms with E-state index in [1.807, 2.05) is 0 Å². The van der Waals surface area contributed by atoms with Crippen LogP contribution < -0.4 is 4.74 Å². The quantitative estimate of drug-likeness (QED) is 0.362. The molecule has 0 saturated heterocycles. The van der Waals surface area contributed by atoms with E-state index in [0.717, 1.165) is 0 Å². The van der Waals surface area contributed by atoms with E-state index in [4.69, 9.17) is 9.47 Å². The Morgan fingerprint density at radius 3 is 2.38 bits per heavy atom. The second kappa shape index (κ2) is 6.21. The highest BCUT2D eigenvalue weighted by atomic mass is 16.7.